The number of carbonyl (C=O) groups excluding carboxylic acids is 3. The van der Waals surface area contributed by atoms with Crippen LogP contribution < -0.4 is 4.80 Å². The van der Waals surface area contributed by atoms with Crippen molar-refractivity contribution in [2.75, 3.05) is 13.2 Å². The minimum atomic E-state index is -0.435. The van der Waals surface area contributed by atoms with E-state index in [0.29, 0.717) is 26.1 Å². The van der Waals surface area contributed by atoms with Crippen LogP contribution in [0, 0.1) is 3.57 Å². The fraction of sp³-hybridized carbons (Fsp3) is 0.238. The number of hydrogen-bond acceptors (Lipinski definition) is 6. The first-order chi connectivity index (χ1) is 14.4. The molecule has 0 radical (unpaired) electrons. The molecule has 156 valence electrons. The summed E-state index contributed by atoms with van der Waals surface area (Å²) < 4.78 is 13.2. The summed E-state index contributed by atoms with van der Waals surface area (Å²) in [6.45, 7) is 3.90. The van der Waals surface area contributed by atoms with Crippen LogP contribution in [0.15, 0.2) is 47.5 Å². The van der Waals surface area contributed by atoms with E-state index in [0.717, 1.165) is 3.57 Å². The second-order valence-corrected chi connectivity index (χ2v) is 8.25. The third kappa shape index (κ3) is 4.96. The van der Waals surface area contributed by atoms with E-state index in [-0.39, 0.29) is 19.8 Å². The molecule has 0 N–H and O–H groups in total. The lowest BCUT2D eigenvalue weighted by atomic mass is 10.2. The molecule has 0 saturated carbocycles. The Morgan fingerprint density at radius 3 is 2.50 bits per heavy atom. The molecule has 30 heavy (non-hydrogen) atoms. The van der Waals surface area contributed by atoms with Gasteiger partial charge in [-0.2, -0.15) is 4.99 Å². The lowest BCUT2D eigenvalue weighted by molar-refractivity contribution is -0.143. The van der Waals surface area contributed by atoms with Gasteiger partial charge in [-0.1, -0.05) is 23.5 Å². The molecule has 9 heteroatoms. The lowest BCUT2D eigenvalue weighted by Crippen LogP contribution is -2.23. The van der Waals surface area contributed by atoms with Crippen LogP contribution in [0.1, 0.15) is 34.6 Å². The molecule has 0 unspecified atom stereocenters. The number of thiazole rings is 1. The van der Waals surface area contributed by atoms with E-state index in [1.807, 2.05) is 12.1 Å². The topological polar surface area (TPSA) is 87.0 Å². The van der Waals surface area contributed by atoms with Crippen molar-refractivity contribution < 1.29 is 23.9 Å². The van der Waals surface area contributed by atoms with Crippen LogP contribution >= 0.6 is 33.9 Å². The number of nitrogens with zero attached hydrogens (tertiary/aromatic N) is 2. The molecule has 2 aromatic carbocycles. The molecule has 0 aliphatic rings. The zero-order valence-electron chi connectivity index (χ0n) is 16.4. The van der Waals surface area contributed by atoms with Crippen LogP contribution in [0.4, 0.5) is 0 Å². The number of halogens is 1. The summed E-state index contributed by atoms with van der Waals surface area (Å²) in [5, 5.41) is 0. The van der Waals surface area contributed by atoms with Gasteiger partial charge in [0.25, 0.3) is 5.91 Å². The third-order valence-electron chi connectivity index (χ3n) is 4.09. The molecule has 0 atom stereocenters. The van der Waals surface area contributed by atoms with Gasteiger partial charge in [0.15, 0.2) is 4.80 Å². The molecule has 3 aromatic rings. The van der Waals surface area contributed by atoms with Crippen LogP contribution in [0.25, 0.3) is 10.2 Å². The molecular formula is C21H19IN2O5S. The summed E-state index contributed by atoms with van der Waals surface area (Å²) in [6, 6.07) is 12.2. The Morgan fingerprint density at radius 1 is 1.07 bits per heavy atom. The Kier molecular flexibility index (Phi) is 7.38. The number of ether oxygens (including phenoxy) is 2. The largest absolute Gasteiger partial charge is 0.465 e. The van der Waals surface area contributed by atoms with Crippen molar-refractivity contribution >= 4 is 62.0 Å². The van der Waals surface area contributed by atoms with Crippen molar-refractivity contribution in [1.29, 1.82) is 0 Å². The zero-order valence-corrected chi connectivity index (χ0v) is 19.4. The highest BCUT2D eigenvalue weighted by Crippen LogP contribution is 2.21. The smallest absolute Gasteiger partial charge is 0.338 e. The Morgan fingerprint density at radius 2 is 1.80 bits per heavy atom. The summed E-state index contributed by atoms with van der Waals surface area (Å²) in [7, 11) is 0. The average molecular weight is 538 g/mol. The molecule has 1 heterocycles. The molecule has 0 fully saturated rings. The molecule has 0 aliphatic heterocycles. The van der Waals surface area contributed by atoms with Gasteiger partial charge in [-0.05, 0) is 66.8 Å². The van der Waals surface area contributed by atoms with Gasteiger partial charge in [0.2, 0.25) is 0 Å². The maximum atomic E-state index is 12.8. The van der Waals surface area contributed by atoms with Gasteiger partial charge in [0, 0.05) is 3.57 Å². The van der Waals surface area contributed by atoms with Crippen LogP contribution in [0.5, 0.6) is 0 Å². The summed E-state index contributed by atoms with van der Waals surface area (Å²) in [5.74, 6) is -1.28. The highest BCUT2D eigenvalue weighted by atomic mass is 127. The molecular weight excluding hydrogens is 519 g/mol. The minimum absolute atomic E-state index is 0.0927. The third-order valence-corrected chi connectivity index (χ3v) is 6.07. The lowest BCUT2D eigenvalue weighted by Gasteiger charge is -2.06. The predicted octanol–water partition coefficient (Wildman–Crippen LogP) is 3.79. The Labute approximate surface area is 190 Å². The maximum absolute atomic E-state index is 12.8. The summed E-state index contributed by atoms with van der Waals surface area (Å²) >= 11 is 3.30. The van der Waals surface area contributed by atoms with Gasteiger partial charge in [-0.25, -0.2) is 4.79 Å². The monoisotopic (exact) mass is 538 g/mol. The predicted molar refractivity (Wildman–Crippen MR) is 121 cm³/mol. The number of fused-ring (bicyclic) bond motifs is 1. The number of hydrogen-bond donors (Lipinski definition) is 0. The fourth-order valence-electron chi connectivity index (χ4n) is 2.77. The van der Waals surface area contributed by atoms with E-state index < -0.39 is 17.8 Å². The van der Waals surface area contributed by atoms with Crippen LogP contribution in [0.3, 0.4) is 0 Å². The molecule has 0 bridgehead atoms. The van der Waals surface area contributed by atoms with Crippen LogP contribution in [-0.4, -0.2) is 35.6 Å². The Bertz CT molecular complexity index is 1180. The summed E-state index contributed by atoms with van der Waals surface area (Å²) in [5.41, 5.74) is 1.55. The van der Waals surface area contributed by atoms with Crippen LogP contribution in [-0.2, 0) is 20.8 Å². The van der Waals surface area contributed by atoms with Crippen molar-refractivity contribution in [2.24, 2.45) is 4.99 Å². The van der Waals surface area contributed by atoms with Crippen molar-refractivity contribution in [1.82, 2.24) is 4.57 Å². The highest BCUT2D eigenvalue weighted by molar-refractivity contribution is 14.1. The van der Waals surface area contributed by atoms with Gasteiger partial charge in [-0.15, -0.1) is 0 Å². The van der Waals surface area contributed by atoms with E-state index in [2.05, 4.69) is 27.6 Å². The van der Waals surface area contributed by atoms with Crippen molar-refractivity contribution in [2.45, 2.75) is 20.4 Å². The first-order valence-corrected chi connectivity index (χ1v) is 11.1. The van der Waals surface area contributed by atoms with E-state index in [1.54, 1.807) is 48.7 Å². The van der Waals surface area contributed by atoms with Crippen LogP contribution in [0.2, 0.25) is 0 Å². The molecule has 7 nitrogen and oxygen atoms in total. The number of carbonyl (C=O) groups is 3. The van der Waals surface area contributed by atoms with E-state index >= 15 is 0 Å². The van der Waals surface area contributed by atoms with Crippen molar-refractivity contribution in [3.8, 4) is 0 Å². The number of aromatic nitrogens is 1. The number of benzene rings is 2. The Hall–Kier alpha value is -2.53. The first-order valence-electron chi connectivity index (χ1n) is 9.24. The summed E-state index contributed by atoms with van der Waals surface area (Å²) in [4.78, 5) is 41.6. The molecule has 1 aromatic heterocycles. The standard InChI is InChI=1S/C21H19IN2O5S/c1-3-28-18(25)12-24-16-10-9-13(20(27)29-4-2)11-17(16)30-21(24)23-19(26)14-7-5-6-8-15(14)22/h5-11H,3-4,12H2,1-2H3. The van der Waals surface area contributed by atoms with Crippen molar-refractivity contribution in [3.63, 3.8) is 0 Å². The van der Waals surface area contributed by atoms with Crippen molar-refractivity contribution in [3.05, 3.63) is 62.0 Å². The first kappa shape index (κ1) is 22.2. The molecule has 3 rings (SSSR count). The zero-order chi connectivity index (χ0) is 21.7. The average Bonchev–Trinajstić information content (AvgIpc) is 3.04. The van der Waals surface area contributed by atoms with Gasteiger partial charge in [0.05, 0.1) is 34.6 Å². The SMILES string of the molecule is CCOC(=O)Cn1c(=NC(=O)c2ccccc2I)sc2cc(C(=O)OCC)ccc21. The highest BCUT2D eigenvalue weighted by Gasteiger charge is 2.16. The number of rotatable bonds is 6. The normalized spacial score (nSPS) is 11.5. The van der Waals surface area contributed by atoms with Gasteiger partial charge in [0.1, 0.15) is 6.54 Å². The minimum Gasteiger partial charge on any atom is -0.465 e. The van der Waals surface area contributed by atoms with E-state index in [9.17, 15) is 14.4 Å². The summed E-state index contributed by atoms with van der Waals surface area (Å²) in [6.07, 6.45) is 0. The quantitative estimate of drug-likeness (QED) is 0.352. The molecule has 0 spiro atoms. The molecule has 1 amide bonds. The molecule has 0 saturated heterocycles. The van der Waals surface area contributed by atoms with Gasteiger partial charge < -0.3 is 14.0 Å². The van der Waals surface area contributed by atoms with Gasteiger partial charge in [-0.3, -0.25) is 9.59 Å². The second-order valence-electron chi connectivity index (χ2n) is 6.08. The van der Waals surface area contributed by atoms with E-state index in [1.165, 1.54) is 11.3 Å². The fourth-order valence-corrected chi connectivity index (χ4v) is 4.46. The van der Waals surface area contributed by atoms with Gasteiger partial charge >= 0.3 is 11.9 Å². The maximum Gasteiger partial charge on any atom is 0.338 e. The second kappa shape index (κ2) is 9.98. The number of esters is 2. The number of amides is 1. The molecule has 0 aliphatic carbocycles. The Balaban J connectivity index is 2.12. The van der Waals surface area contributed by atoms with E-state index in [4.69, 9.17) is 9.47 Å².